The maximum absolute atomic E-state index is 5.93. The van der Waals surface area contributed by atoms with E-state index in [4.69, 9.17) is 16.3 Å². The lowest BCUT2D eigenvalue weighted by atomic mass is 9.93. The number of fused-ring (bicyclic) bond motifs is 1. The quantitative estimate of drug-likeness (QED) is 0.939. The van der Waals surface area contributed by atoms with Crippen LogP contribution >= 0.6 is 11.6 Å². The van der Waals surface area contributed by atoms with Gasteiger partial charge in [0.2, 0.25) is 5.95 Å². The molecule has 1 aliphatic heterocycles. The number of aromatic nitrogens is 3. The lowest BCUT2D eigenvalue weighted by molar-refractivity contribution is 0.0621. The van der Waals surface area contributed by atoms with E-state index >= 15 is 0 Å². The van der Waals surface area contributed by atoms with Crippen LogP contribution in [-0.2, 0) is 4.74 Å². The third kappa shape index (κ3) is 2.82. The third-order valence-electron chi connectivity index (χ3n) is 3.62. The predicted molar refractivity (Wildman–Crippen MR) is 74.6 cm³/mol. The number of ether oxygens (including phenoxy) is 1. The Morgan fingerprint density at radius 1 is 1.42 bits per heavy atom. The highest BCUT2D eigenvalue weighted by Crippen LogP contribution is 2.21. The molecule has 0 saturated carbocycles. The van der Waals surface area contributed by atoms with Crippen molar-refractivity contribution in [2.45, 2.75) is 25.8 Å². The second-order valence-electron chi connectivity index (χ2n) is 4.97. The SMILES string of the molecule is CC(Nc1nc2ccc(Cl)cn2n1)C1CCOCC1. The van der Waals surface area contributed by atoms with Crippen molar-refractivity contribution in [1.82, 2.24) is 14.6 Å². The number of halogens is 1. The Bertz CT molecular complexity index is 565. The summed E-state index contributed by atoms with van der Waals surface area (Å²) in [6.07, 6.45) is 3.94. The molecule has 6 heteroatoms. The molecule has 0 aromatic carbocycles. The van der Waals surface area contributed by atoms with Gasteiger partial charge in [0.25, 0.3) is 0 Å². The molecule has 0 aliphatic carbocycles. The van der Waals surface area contributed by atoms with Gasteiger partial charge in [-0.2, -0.15) is 4.98 Å². The Morgan fingerprint density at radius 2 is 2.21 bits per heavy atom. The summed E-state index contributed by atoms with van der Waals surface area (Å²) >= 11 is 5.93. The smallest absolute Gasteiger partial charge is 0.243 e. The molecule has 1 saturated heterocycles. The molecule has 0 radical (unpaired) electrons. The van der Waals surface area contributed by atoms with Crippen molar-refractivity contribution in [3.05, 3.63) is 23.4 Å². The summed E-state index contributed by atoms with van der Waals surface area (Å²) in [5.41, 5.74) is 0.797. The normalized spacial score (nSPS) is 18.6. The molecular formula is C13H17ClN4O. The van der Waals surface area contributed by atoms with Gasteiger partial charge in [-0.3, -0.25) is 0 Å². The third-order valence-corrected chi connectivity index (χ3v) is 3.85. The molecule has 2 aromatic rings. The van der Waals surface area contributed by atoms with Gasteiger partial charge in [-0.1, -0.05) is 11.6 Å². The summed E-state index contributed by atoms with van der Waals surface area (Å²) in [4.78, 5) is 4.44. The van der Waals surface area contributed by atoms with E-state index in [1.165, 1.54) is 0 Å². The highest BCUT2D eigenvalue weighted by Gasteiger charge is 2.21. The van der Waals surface area contributed by atoms with Crippen LogP contribution in [0.4, 0.5) is 5.95 Å². The second kappa shape index (κ2) is 5.35. The molecule has 102 valence electrons. The fourth-order valence-corrected chi connectivity index (χ4v) is 2.61. The van der Waals surface area contributed by atoms with E-state index < -0.39 is 0 Å². The van der Waals surface area contributed by atoms with Crippen molar-refractivity contribution < 1.29 is 4.74 Å². The molecule has 1 unspecified atom stereocenters. The summed E-state index contributed by atoms with van der Waals surface area (Å²) in [5.74, 6) is 1.27. The first-order chi connectivity index (χ1) is 9.22. The summed E-state index contributed by atoms with van der Waals surface area (Å²) in [6.45, 7) is 3.88. The van der Waals surface area contributed by atoms with Crippen LogP contribution in [0.1, 0.15) is 19.8 Å². The monoisotopic (exact) mass is 280 g/mol. The van der Waals surface area contributed by atoms with Gasteiger partial charge >= 0.3 is 0 Å². The maximum atomic E-state index is 5.93. The molecule has 5 nitrogen and oxygen atoms in total. The average Bonchev–Trinajstić information content (AvgIpc) is 2.81. The molecule has 2 aromatic heterocycles. The van der Waals surface area contributed by atoms with Crippen LogP contribution in [0.15, 0.2) is 18.3 Å². The van der Waals surface area contributed by atoms with Gasteiger partial charge in [0.15, 0.2) is 5.65 Å². The van der Waals surface area contributed by atoms with Gasteiger partial charge in [0.1, 0.15) is 0 Å². The second-order valence-corrected chi connectivity index (χ2v) is 5.40. The number of rotatable bonds is 3. The topological polar surface area (TPSA) is 51.5 Å². The molecule has 19 heavy (non-hydrogen) atoms. The van der Waals surface area contributed by atoms with Crippen LogP contribution in [-0.4, -0.2) is 33.9 Å². The number of nitrogens with zero attached hydrogens (tertiary/aromatic N) is 3. The van der Waals surface area contributed by atoms with E-state index in [0.717, 1.165) is 31.7 Å². The number of nitrogens with one attached hydrogen (secondary N) is 1. The van der Waals surface area contributed by atoms with E-state index in [0.29, 0.717) is 22.9 Å². The minimum absolute atomic E-state index is 0.344. The van der Waals surface area contributed by atoms with Gasteiger partial charge in [0, 0.05) is 25.5 Å². The Hall–Kier alpha value is -1.33. The minimum Gasteiger partial charge on any atom is -0.381 e. The molecule has 3 rings (SSSR count). The number of hydrogen-bond donors (Lipinski definition) is 1. The lowest BCUT2D eigenvalue weighted by Gasteiger charge is -2.27. The Labute approximate surface area is 116 Å². The number of hydrogen-bond acceptors (Lipinski definition) is 4. The maximum Gasteiger partial charge on any atom is 0.243 e. The summed E-state index contributed by atoms with van der Waals surface area (Å²) in [6, 6.07) is 4.02. The van der Waals surface area contributed by atoms with Crippen molar-refractivity contribution >= 4 is 23.2 Å². The Balaban J connectivity index is 1.73. The molecule has 0 amide bonds. The van der Waals surface area contributed by atoms with Gasteiger partial charge in [-0.25, -0.2) is 4.52 Å². The summed E-state index contributed by atoms with van der Waals surface area (Å²) < 4.78 is 7.08. The molecule has 3 heterocycles. The van der Waals surface area contributed by atoms with E-state index in [9.17, 15) is 0 Å². The molecule has 1 fully saturated rings. The van der Waals surface area contributed by atoms with E-state index in [1.54, 1.807) is 10.7 Å². The lowest BCUT2D eigenvalue weighted by Crippen LogP contribution is -2.31. The standard InChI is InChI=1S/C13H17ClN4O/c1-9(10-4-6-19-7-5-10)15-13-16-12-3-2-11(14)8-18(12)17-13/h2-3,8-10H,4-7H2,1H3,(H,15,17). The first-order valence-electron chi connectivity index (χ1n) is 6.58. The van der Waals surface area contributed by atoms with Crippen molar-refractivity contribution in [2.75, 3.05) is 18.5 Å². The van der Waals surface area contributed by atoms with Crippen LogP contribution in [0, 0.1) is 5.92 Å². The van der Waals surface area contributed by atoms with Gasteiger partial charge < -0.3 is 10.1 Å². The minimum atomic E-state index is 0.344. The fourth-order valence-electron chi connectivity index (χ4n) is 2.46. The van der Waals surface area contributed by atoms with Crippen molar-refractivity contribution in [1.29, 1.82) is 0 Å². The molecule has 1 atom stereocenters. The molecule has 1 aliphatic rings. The van der Waals surface area contributed by atoms with E-state index in [1.807, 2.05) is 12.1 Å². The molecule has 0 spiro atoms. The zero-order valence-electron chi connectivity index (χ0n) is 10.8. The van der Waals surface area contributed by atoms with Gasteiger partial charge in [-0.15, -0.1) is 5.10 Å². The van der Waals surface area contributed by atoms with Gasteiger partial charge in [0.05, 0.1) is 5.02 Å². The van der Waals surface area contributed by atoms with E-state index in [-0.39, 0.29) is 0 Å². The van der Waals surface area contributed by atoms with Crippen LogP contribution in [0.2, 0.25) is 5.02 Å². The molecule has 1 N–H and O–H groups in total. The first kappa shape index (κ1) is 12.7. The highest BCUT2D eigenvalue weighted by atomic mass is 35.5. The predicted octanol–water partition coefficient (Wildman–Crippen LogP) is 2.61. The van der Waals surface area contributed by atoms with Crippen LogP contribution in [0.3, 0.4) is 0 Å². The van der Waals surface area contributed by atoms with Crippen LogP contribution in [0.5, 0.6) is 0 Å². The Kier molecular flexibility index (Phi) is 3.57. The summed E-state index contributed by atoms with van der Waals surface area (Å²) in [7, 11) is 0. The summed E-state index contributed by atoms with van der Waals surface area (Å²) in [5, 5.41) is 8.42. The first-order valence-corrected chi connectivity index (χ1v) is 6.96. The van der Waals surface area contributed by atoms with Crippen LogP contribution in [0.25, 0.3) is 5.65 Å². The highest BCUT2D eigenvalue weighted by molar-refractivity contribution is 6.30. The number of pyridine rings is 1. The van der Waals surface area contributed by atoms with E-state index in [2.05, 4.69) is 22.3 Å². The Morgan fingerprint density at radius 3 is 3.00 bits per heavy atom. The van der Waals surface area contributed by atoms with Crippen molar-refractivity contribution in [3.63, 3.8) is 0 Å². The zero-order valence-corrected chi connectivity index (χ0v) is 11.6. The molecule has 0 bridgehead atoms. The van der Waals surface area contributed by atoms with Crippen LogP contribution < -0.4 is 5.32 Å². The number of anilines is 1. The molecular weight excluding hydrogens is 264 g/mol. The van der Waals surface area contributed by atoms with Crippen molar-refractivity contribution in [2.24, 2.45) is 5.92 Å². The average molecular weight is 281 g/mol. The fraction of sp³-hybridized carbons (Fsp3) is 0.538. The zero-order chi connectivity index (χ0) is 13.2. The van der Waals surface area contributed by atoms with Gasteiger partial charge in [-0.05, 0) is 37.8 Å². The largest absolute Gasteiger partial charge is 0.381 e. The van der Waals surface area contributed by atoms with Crippen molar-refractivity contribution in [3.8, 4) is 0 Å².